The van der Waals surface area contributed by atoms with E-state index in [0.29, 0.717) is 6.54 Å². The summed E-state index contributed by atoms with van der Waals surface area (Å²) in [6, 6.07) is 2.24. The molecule has 2 N–H and O–H groups in total. The maximum Gasteiger partial charge on any atom is 0.158 e. The Bertz CT molecular complexity index is 655. The number of nitrogens with two attached hydrogens (primary N) is 1. The molecule has 106 valence electrons. The number of rotatable bonds is 2. The van der Waals surface area contributed by atoms with Crippen LogP contribution in [0, 0.1) is 20.8 Å². The van der Waals surface area contributed by atoms with Crippen molar-refractivity contribution < 1.29 is 0 Å². The third kappa shape index (κ3) is 2.04. The van der Waals surface area contributed by atoms with Crippen molar-refractivity contribution in [1.82, 2.24) is 14.8 Å². The van der Waals surface area contributed by atoms with Gasteiger partial charge in [-0.1, -0.05) is 0 Å². The SMILES string of the molecule is Cc1nn(-c2nc3c(cc2CN)CCCC3)c(C)c1C. The normalized spacial score (nSPS) is 14.4. The second-order valence-electron chi connectivity index (χ2n) is 5.70. The Morgan fingerprint density at radius 3 is 2.60 bits per heavy atom. The highest BCUT2D eigenvalue weighted by Gasteiger charge is 2.18. The molecule has 0 radical (unpaired) electrons. The number of aryl methyl sites for hydroxylation is 3. The van der Waals surface area contributed by atoms with Gasteiger partial charge < -0.3 is 5.73 Å². The van der Waals surface area contributed by atoms with Crippen LogP contribution in [0.4, 0.5) is 0 Å². The quantitative estimate of drug-likeness (QED) is 0.912. The highest BCUT2D eigenvalue weighted by atomic mass is 15.3. The molecule has 0 amide bonds. The van der Waals surface area contributed by atoms with Gasteiger partial charge in [-0.25, -0.2) is 9.67 Å². The molecule has 0 atom stereocenters. The lowest BCUT2D eigenvalue weighted by Gasteiger charge is -2.18. The van der Waals surface area contributed by atoms with Gasteiger partial charge in [0.2, 0.25) is 0 Å². The Labute approximate surface area is 120 Å². The molecule has 2 aromatic heterocycles. The van der Waals surface area contributed by atoms with Crippen LogP contribution < -0.4 is 5.73 Å². The molecule has 0 saturated carbocycles. The van der Waals surface area contributed by atoms with Crippen molar-refractivity contribution in [2.75, 3.05) is 0 Å². The number of fused-ring (bicyclic) bond motifs is 1. The standard InChI is InChI=1S/C16H22N4/c1-10-11(2)19-20(12(10)3)16-14(9-17)8-13-6-4-5-7-15(13)18-16/h8H,4-7,9,17H2,1-3H3. The average Bonchev–Trinajstić information content (AvgIpc) is 2.73. The van der Waals surface area contributed by atoms with Crippen molar-refractivity contribution in [3.05, 3.63) is 39.8 Å². The van der Waals surface area contributed by atoms with E-state index in [1.807, 2.05) is 11.6 Å². The van der Waals surface area contributed by atoms with Crippen molar-refractivity contribution in [3.8, 4) is 5.82 Å². The van der Waals surface area contributed by atoms with E-state index in [4.69, 9.17) is 10.7 Å². The van der Waals surface area contributed by atoms with Gasteiger partial charge >= 0.3 is 0 Å². The third-order valence-electron chi connectivity index (χ3n) is 4.43. The minimum atomic E-state index is 0.507. The minimum Gasteiger partial charge on any atom is -0.326 e. The van der Waals surface area contributed by atoms with E-state index in [2.05, 4.69) is 25.0 Å². The lowest BCUT2D eigenvalue weighted by Crippen LogP contribution is -2.15. The van der Waals surface area contributed by atoms with Gasteiger partial charge in [0.1, 0.15) is 0 Å². The van der Waals surface area contributed by atoms with E-state index in [1.54, 1.807) is 0 Å². The highest BCUT2D eigenvalue weighted by molar-refractivity contribution is 5.42. The topological polar surface area (TPSA) is 56.7 Å². The molecule has 20 heavy (non-hydrogen) atoms. The molecule has 2 aromatic rings. The van der Waals surface area contributed by atoms with Crippen molar-refractivity contribution in [2.45, 2.75) is 53.0 Å². The van der Waals surface area contributed by atoms with E-state index >= 15 is 0 Å². The smallest absolute Gasteiger partial charge is 0.158 e. The first-order valence-corrected chi connectivity index (χ1v) is 7.36. The van der Waals surface area contributed by atoms with Crippen molar-refractivity contribution >= 4 is 0 Å². The molecule has 0 bridgehead atoms. The number of hydrogen-bond acceptors (Lipinski definition) is 3. The lowest BCUT2D eigenvalue weighted by molar-refractivity contribution is 0.656. The van der Waals surface area contributed by atoms with Gasteiger partial charge in [-0.2, -0.15) is 5.10 Å². The Balaban J connectivity index is 2.19. The van der Waals surface area contributed by atoms with E-state index in [9.17, 15) is 0 Å². The molecular formula is C16H22N4. The Hall–Kier alpha value is -1.68. The minimum absolute atomic E-state index is 0.507. The van der Waals surface area contributed by atoms with Gasteiger partial charge in [0.15, 0.2) is 5.82 Å². The van der Waals surface area contributed by atoms with Crippen molar-refractivity contribution in [1.29, 1.82) is 0 Å². The second-order valence-corrected chi connectivity index (χ2v) is 5.70. The lowest BCUT2D eigenvalue weighted by atomic mass is 9.94. The first-order chi connectivity index (χ1) is 9.61. The predicted octanol–water partition coefficient (Wildman–Crippen LogP) is 2.53. The highest BCUT2D eigenvalue weighted by Crippen LogP contribution is 2.25. The van der Waals surface area contributed by atoms with E-state index in [0.717, 1.165) is 35.6 Å². The molecule has 1 aliphatic carbocycles. The van der Waals surface area contributed by atoms with Gasteiger partial charge in [-0.05, 0) is 63.6 Å². The maximum atomic E-state index is 5.93. The molecule has 0 spiro atoms. The van der Waals surface area contributed by atoms with Crippen molar-refractivity contribution in [3.63, 3.8) is 0 Å². The summed E-state index contributed by atoms with van der Waals surface area (Å²) in [6.07, 6.45) is 4.70. The zero-order valence-corrected chi connectivity index (χ0v) is 12.5. The number of hydrogen-bond donors (Lipinski definition) is 1. The molecule has 4 nitrogen and oxygen atoms in total. The summed E-state index contributed by atoms with van der Waals surface area (Å²) in [4.78, 5) is 4.89. The number of nitrogens with zero attached hydrogens (tertiary/aromatic N) is 3. The Morgan fingerprint density at radius 1 is 1.20 bits per heavy atom. The van der Waals surface area contributed by atoms with E-state index in [1.165, 1.54) is 29.7 Å². The summed E-state index contributed by atoms with van der Waals surface area (Å²) in [7, 11) is 0. The van der Waals surface area contributed by atoms with Crippen LogP contribution in [0.2, 0.25) is 0 Å². The van der Waals surface area contributed by atoms with Crippen LogP contribution in [0.3, 0.4) is 0 Å². The molecule has 0 aromatic carbocycles. The van der Waals surface area contributed by atoms with Gasteiger partial charge in [-0.3, -0.25) is 0 Å². The van der Waals surface area contributed by atoms with Gasteiger partial charge in [-0.15, -0.1) is 0 Å². The molecule has 0 saturated heterocycles. The molecule has 1 aliphatic rings. The van der Waals surface area contributed by atoms with Crippen LogP contribution in [-0.2, 0) is 19.4 Å². The van der Waals surface area contributed by atoms with Gasteiger partial charge in [0, 0.05) is 23.5 Å². The monoisotopic (exact) mass is 270 g/mol. The summed E-state index contributed by atoms with van der Waals surface area (Å²) in [6.45, 7) is 6.75. The molecule has 0 fully saturated rings. The van der Waals surface area contributed by atoms with E-state index < -0.39 is 0 Å². The molecular weight excluding hydrogens is 248 g/mol. The molecule has 4 heteroatoms. The zero-order chi connectivity index (χ0) is 14.3. The first kappa shape index (κ1) is 13.3. The maximum absolute atomic E-state index is 5.93. The van der Waals surface area contributed by atoms with Crippen LogP contribution in [-0.4, -0.2) is 14.8 Å². The predicted molar refractivity (Wildman–Crippen MR) is 80.1 cm³/mol. The summed E-state index contributed by atoms with van der Waals surface area (Å²) >= 11 is 0. The summed E-state index contributed by atoms with van der Waals surface area (Å²) in [5.74, 6) is 0.918. The molecule has 2 heterocycles. The summed E-state index contributed by atoms with van der Waals surface area (Å²) < 4.78 is 1.96. The van der Waals surface area contributed by atoms with Crippen LogP contribution in [0.15, 0.2) is 6.07 Å². The first-order valence-electron chi connectivity index (χ1n) is 7.36. The summed E-state index contributed by atoms with van der Waals surface area (Å²) in [5.41, 5.74) is 13.1. The van der Waals surface area contributed by atoms with Crippen molar-refractivity contribution in [2.24, 2.45) is 5.73 Å². The van der Waals surface area contributed by atoms with Crippen LogP contribution in [0.1, 0.15) is 46.6 Å². The number of pyridine rings is 1. The second kappa shape index (κ2) is 5.02. The largest absolute Gasteiger partial charge is 0.326 e. The van der Waals surface area contributed by atoms with Gasteiger partial charge in [0.05, 0.1) is 5.69 Å². The fourth-order valence-electron chi connectivity index (χ4n) is 2.93. The Kier molecular flexibility index (Phi) is 3.34. The third-order valence-corrected chi connectivity index (χ3v) is 4.43. The van der Waals surface area contributed by atoms with Crippen LogP contribution in [0.5, 0.6) is 0 Å². The average molecular weight is 270 g/mol. The number of aromatic nitrogens is 3. The summed E-state index contributed by atoms with van der Waals surface area (Å²) in [5, 5.41) is 4.64. The Morgan fingerprint density at radius 2 is 1.95 bits per heavy atom. The zero-order valence-electron chi connectivity index (χ0n) is 12.5. The van der Waals surface area contributed by atoms with Crippen LogP contribution >= 0.6 is 0 Å². The molecule has 0 aliphatic heterocycles. The molecule has 0 unspecified atom stereocenters. The van der Waals surface area contributed by atoms with Crippen LogP contribution in [0.25, 0.3) is 5.82 Å². The fourth-order valence-corrected chi connectivity index (χ4v) is 2.93. The molecule has 3 rings (SSSR count). The van der Waals surface area contributed by atoms with Gasteiger partial charge in [0.25, 0.3) is 0 Å². The fraction of sp³-hybridized carbons (Fsp3) is 0.500. The van der Waals surface area contributed by atoms with E-state index in [-0.39, 0.29) is 0 Å².